The molecule has 3 atom stereocenters. The van der Waals surface area contributed by atoms with E-state index in [1.165, 1.54) is 0 Å². The zero-order valence-corrected chi connectivity index (χ0v) is 19.2. The van der Waals surface area contributed by atoms with Gasteiger partial charge in [-0.05, 0) is 55.5 Å². The smallest absolute Gasteiger partial charge is 0.264 e. The minimum atomic E-state index is -3.52. The molecule has 5 nitrogen and oxygen atoms in total. The number of hydrogen-bond acceptors (Lipinski definition) is 5. The highest BCUT2D eigenvalue weighted by Crippen LogP contribution is 2.53. The first-order valence-electron chi connectivity index (χ1n) is 10.5. The minimum Gasteiger partial charge on any atom is -0.490 e. The fourth-order valence-corrected chi connectivity index (χ4v) is 5.50. The van der Waals surface area contributed by atoms with Gasteiger partial charge in [-0.3, -0.25) is 4.18 Å². The third-order valence-electron chi connectivity index (χ3n) is 6.39. The van der Waals surface area contributed by atoms with E-state index < -0.39 is 27.2 Å². The maximum absolute atomic E-state index is 15.1. The van der Waals surface area contributed by atoms with Crippen molar-refractivity contribution in [3.63, 3.8) is 0 Å². The summed E-state index contributed by atoms with van der Waals surface area (Å²) in [6.07, 6.45) is 3.15. The van der Waals surface area contributed by atoms with Crippen molar-refractivity contribution in [2.75, 3.05) is 26.1 Å². The van der Waals surface area contributed by atoms with Gasteiger partial charge in [0, 0.05) is 21.9 Å². The van der Waals surface area contributed by atoms with Crippen LogP contribution in [0.15, 0.2) is 36.4 Å². The Bertz CT molecular complexity index is 1080. The lowest BCUT2D eigenvalue weighted by Crippen LogP contribution is -2.50. The molecule has 2 aliphatic rings. The molecule has 0 saturated heterocycles. The second kappa shape index (κ2) is 9.25. The quantitative estimate of drug-likeness (QED) is 0.421. The summed E-state index contributed by atoms with van der Waals surface area (Å²) >= 11 is 6.03. The van der Waals surface area contributed by atoms with Crippen LogP contribution in [0.3, 0.4) is 0 Å². The van der Waals surface area contributed by atoms with Crippen molar-refractivity contribution in [1.82, 2.24) is 0 Å². The Balaban J connectivity index is 1.60. The summed E-state index contributed by atoms with van der Waals surface area (Å²) in [4.78, 5) is 0. The molecule has 2 aromatic rings. The topological polar surface area (TPSA) is 61.8 Å². The van der Waals surface area contributed by atoms with Crippen molar-refractivity contribution in [3.8, 4) is 5.75 Å². The van der Waals surface area contributed by atoms with Gasteiger partial charge >= 0.3 is 0 Å². The predicted molar refractivity (Wildman–Crippen MR) is 117 cm³/mol. The summed E-state index contributed by atoms with van der Waals surface area (Å²) in [6.45, 7) is 0.324. The van der Waals surface area contributed by atoms with Crippen LogP contribution in [0.1, 0.15) is 30.4 Å². The van der Waals surface area contributed by atoms with Gasteiger partial charge in [0.25, 0.3) is 10.1 Å². The molecule has 0 radical (unpaired) electrons. The fraction of sp³-hybridized carbons (Fsp3) is 0.478. The van der Waals surface area contributed by atoms with Gasteiger partial charge in [0.15, 0.2) is 11.6 Å². The zero-order chi connectivity index (χ0) is 22.9. The van der Waals surface area contributed by atoms with Crippen molar-refractivity contribution in [2.24, 2.45) is 5.92 Å². The van der Waals surface area contributed by atoms with Crippen LogP contribution < -0.4 is 4.74 Å². The van der Waals surface area contributed by atoms with Crippen LogP contribution in [0.2, 0.25) is 5.02 Å². The standard InChI is InChI=1S/C23H25ClF2O5S/c1-32(27,28)31-11-10-29-18-8-9-23(13-15-2-4-17(24)5-3-15)16(12-18)14-30-22-20(26)7-6-19(25)21(22)23/h2-7,16,18H,8-14H2,1H3/t16-,18-,23+/m1/s1. The summed E-state index contributed by atoms with van der Waals surface area (Å²) in [6, 6.07) is 9.66. The Hall–Kier alpha value is -1.74. The highest BCUT2D eigenvalue weighted by Gasteiger charge is 2.51. The van der Waals surface area contributed by atoms with Gasteiger partial charge < -0.3 is 9.47 Å². The molecule has 9 heteroatoms. The first kappa shape index (κ1) is 23.4. The van der Waals surface area contributed by atoms with Gasteiger partial charge in [-0.25, -0.2) is 8.78 Å². The molecule has 1 fully saturated rings. The van der Waals surface area contributed by atoms with Crippen LogP contribution in [0.25, 0.3) is 0 Å². The van der Waals surface area contributed by atoms with E-state index in [9.17, 15) is 12.8 Å². The van der Waals surface area contributed by atoms with Gasteiger partial charge in [0.2, 0.25) is 0 Å². The molecule has 0 amide bonds. The predicted octanol–water partition coefficient (Wildman–Crippen LogP) is 4.65. The van der Waals surface area contributed by atoms with Crippen molar-refractivity contribution < 1.29 is 30.9 Å². The molecule has 1 heterocycles. The summed E-state index contributed by atoms with van der Waals surface area (Å²) in [5, 5.41) is 0.612. The van der Waals surface area contributed by atoms with Crippen LogP contribution in [-0.2, 0) is 30.9 Å². The molecule has 174 valence electrons. The lowest BCUT2D eigenvalue weighted by atomic mass is 9.58. The first-order chi connectivity index (χ1) is 15.2. The number of ether oxygens (including phenoxy) is 2. The Kier molecular flexibility index (Phi) is 6.77. The maximum Gasteiger partial charge on any atom is 0.264 e. The highest BCUT2D eigenvalue weighted by atomic mass is 35.5. The Morgan fingerprint density at radius 3 is 2.56 bits per heavy atom. The second-order valence-electron chi connectivity index (χ2n) is 8.49. The molecule has 1 saturated carbocycles. The SMILES string of the molecule is CS(=O)(=O)OCCO[C@@H]1CC[C@@]2(Cc3ccc(Cl)cc3)c3c(F)ccc(F)c3OC[C@H]2C1. The van der Waals surface area contributed by atoms with Crippen LogP contribution in [0, 0.1) is 17.6 Å². The van der Waals surface area contributed by atoms with Crippen LogP contribution in [0.4, 0.5) is 8.78 Å². The van der Waals surface area contributed by atoms with Crippen LogP contribution in [0.5, 0.6) is 5.75 Å². The third-order valence-corrected chi connectivity index (χ3v) is 7.24. The fourth-order valence-electron chi connectivity index (χ4n) is 5.00. The first-order valence-corrected chi connectivity index (χ1v) is 12.7. The number of rotatable bonds is 7. The molecule has 32 heavy (non-hydrogen) atoms. The molecule has 0 aromatic heterocycles. The normalized spacial score (nSPS) is 25.0. The van der Waals surface area contributed by atoms with Crippen molar-refractivity contribution in [3.05, 3.63) is 64.2 Å². The van der Waals surface area contributed by atoms with E-state index in [-0.39, 0.29) is 37.6 Å². The van der Waals surface area contributed by atoms with E-state index >= 15 is 4.39 Å². The number of hydrogen-bond donors (Lipinski definition) is 0. The average Bonchev–Trinajstić information content (AvgIpc) is 2.74. The van der Waals surface area contributed by atoms with E-state index in [0.29, 0.717) is 36.3 Å². The van der Waals surface area contributed by atoms with E-state index in [0.717, 1.165) is 24.0 Å². The van der Waals surface area contributed by atoms with Gasteiger partial charge in [-0.1, -0.05) is 23.7 Å². The molecule has 0 unspecified atom stereocenters. The summed E-state index contributed by atoms with van der Waals surface area (Å²) in [5.74, 6) is -1.14. The summed E-state index contributed by atoms with van der Waals surface area (Å²) in [5.41, 5.74) is 0.635. The van der Waals surface area contributed by atoms with Crippen LogP contribution >= 0.6 is 11.6 Å². The second-order valence-corrected chi connectivity index (χ2v) is 10.6. The Morgan fingerprint density at radius 1 is 1.12 bits per heavy atom. The Labute approximate surface area is 191 Å². The van der Waals surface area contributed by atoms with E-state index in [4.69, 9.17) is 25.3 Å². The molecular weight excluding hydrogens is 462 g/mol. The van der Waals surface area contributed by atoms with Gasteiger partial charge in [0.1, 0.15) is 5.82 Å². The largest absolute Gasteiger partial charge is 0.490 e. The lowest BCUT2D eigenvalue weighted by Gasteiger charge is -2.50. The Morgan fingerprint density at radius 2 is 1.84 bits per heavy atom. The van der Waals surface area contributed by atoms with E-state index in [1.807, 2.05) is 12.1 Å². The number of halogens is 3. The van der Waals surface area contributed by atoms with E-state index in [1.54, 1.807) is 12.1 Å². The van der Waals surface area contributed by atoms with Gasteiger partial charge in [-0.2, -0.15) is 8.42 Å². The molecule has 0 spiro atoms. The highest BCUT2D eigenvalue weighted by molar-refractivity contribution is 7.85. The molecule has 0 N–H and O–H groups in total. The summed E-state index contributed by atoms with van der Waals surface area (Å²) in [7, 11) is -3.52. The monoisotopic (exact) mass is 486 g/mol. The molecule has 1 aliphatic carbocycles. The summed E-state index contributed by atoms with van der Waals surface area (Å²) < 4.78 is 68.2. The van der Waals surface area contributed by atoms with Gasteiger partial charge in [-0.15, -0.1) is 0 Å². The molecule has 4 rings (SSSR count). The van der Waals surface area contributed by atoms with Crippen molar-refractivity contribution >= 4 is 21.7 Å². The molecule has 1 aliphatic heterocycles. The van der Waals surface area contributed by atoms with Crippen molar-refractivity contribution in [2.45, 2.75) is 37.2 Å². The molecular formula is C23H25ClF2O5S. The third kappa shape index (κ3) is 4.93. The molecule has 0 bridgehead atoms. The number of fused-ring (bicyclic) bond motifs is 3. The minimum absolute atomic E-state index is 0.00358. The van der Waals surface area contributed by atoms with E-state index in [2.05, 4.69) is 0 Å². The maximum atomic E-state index is 15.1. The van der Waals surface area contributed by atoms with Crippen LogP contribution in [-0.4, -0.2) is 40.6 Å². The number of benzene rings is 2. The average molecular weight is 487 g/mol. The zero-order valence-electron chi connectivity index (χ0n) is 17.7. The molecule has 2 aromatic carbocycles. The van der Waals surface area contributed by atoms with Crippen molar-refractivity contribution in [1.29, 1.82) is 0 Å². The van der Waals surface area contributed by atoms with Gasteiger partial charge in [0.05, 0.1) is 32.2 Å². The lowest BCUT2D eigenvalue weighted by molar-refractivity contribution is -0.0400.